The summed E-state index contributed by atoms with van der Waals surface area (Å²) in [5.41, 5.74) is 12.5. The quantitative estimate of drug-likeness (QED) is 0.370. The van der Waals surface area contributed by atoms with Crippen LogP contribution in [-0.2, 0) is 9.59 Å². The Morgan fingerprint density at radius 1 is 1.16 bits per heavy atom. The molecule has 2 amide bonds. The molecule has 1 saturated heterocycles. The topological polar surface area (TPSA) is 146 Å². The Kier molecular flexibility index (Phi) is 9.61. The van der Waals surface area contributed by atoms with Gasteiger partial charge >= 0.3 is 12.1 Å². The second-order valence-corrected chi connectivity index (χ2v) is 8.78. The first kappa shape index (κ1) is 28.4. The van der Waals surface area contributed by atoms with Gasteiger partial charge in [-0.3, -0.25) is 9.59 Å². The van der Waals surface area contributed by atoms with Gasteiger partial charge in [0.1, 0.15) is 0 Å². The number of carbonyl (C=O) groups excluding carboxylic acids is 2. The number of benzene rings is 2. The van der Waals surface area contributed by atoms with Gasteiger partial charge in [-0.15, -0.1) is 0 Å². The molecule has 4 rings (SSSR count). The first-order chi connectivity index (χ1) is 18.0. The molecule has 0 unspecified atom stereocenters. The highest BCUT2D eigenvalue weighted by atomic mass is 19.4. The molecule has 0 aromatic heterocycles. The number of hydrogen-bond donors (Lipinski definition) is 5. The van der Waals surface area contributed by atoms with Crippen molar-refractivity contribution in [1.82, 2.24) is 10.7 Å². The summed E-state index contributed by atoms with van der Waals surface area (Å²) < 4.78 is 31.7. The molecule has 0 atom stereocenters. The number of carboxylic acids is 1. The Morgan fingerprint density at radius 3 is 2.45 bits per heavy atom. The molecule has 12 heteroatoms. The zero-order chi connectivity index (χ0) is 27.7. The molecular formula is C26H28F3N5O4. The number of nitrogens with zero attached hydrogens (tertiary/aromatic N) is 1. The lowest BCUT2D eigenvalue weighted by Crippen LogP contribution is -2.28. The van der Waals surface area contributed by atoms with Gasteiger partial charge in [0.05, 0.1) is 11.8 Å². The number of allylic oxidation sites excluding steroid dienone is 1. The fourth-order valence-electron chi connectivity index (χ4n) is 4.09. The van der Waals surface area contributed by atoms with Crippen molar-refractivity contribution < 1.29 is 32.7 Å². The average molecular weight is 532 g/mol. The van der Waals surface area contributed by atoms with Crippen LogP contribution in [-0.4, -0.2) is 48.4 Å². The van der Waals surface area contributed by atoms with Crippen molar-refractivity contribution in [2.24, 2.45) is 11.0 Å². The SMILES string of the molecule is Nc1cc(NC(=O)CCC2CCNCC2)cc2c1/C(=C/c1ccccc1)C=NNC2=O.O=C(O)C(F)(F)F. The third-order valence-electron chi connectivity index (χ3n) is 5.96. The van der Waals surface area contributed by atoms with Crippen molar-refractivity contribution in [3.63, 3.8) is 0 Å². The number of alkyl halides is 3. The summed E-state index contributed by atoms with van der Waals surface area (Å²) in [4.78, 5) is 34.0. The minimum atomic E-state index is -5.08. The number of carbonyl (C=O) groups is 3. The summed E-state index contributed by atoms with van der Waals surface area (Å²) in [6.07, 6.45) is 1.97. The fraction of sp³-hybridized carbons (Fsp3) is 0.308. The number of hydrogen-bond acceptors (Lipinski definition) is 6. The molecule has 2 aliphatic heterocycles. The molecule has 2 aliphatic rings. The number of fused-ring (bicyclic) bond motifs is 1. The molecule has 0 bridgehead atoms. The van der Waals surface area contributed by atoms with Crippen molar-refractivity contribution >= 4 is 47.0 Å². The number of amides is 2. The van der Waals surface area contributed by atoms with E-state index in [2.05, 4.69) is 21.2 Å². The summed E-state index contributed by atoms with van der Waals surface area (Å²) in [6, 6.07) is 13.1. The van der Waals surface area contributed by atoms with Crippen molar-refractivity contribution in [1.29, 1.82) is 0 Å². The van der Waals surface area contributed by atoms with E-state index >= 15 is 0 Å². The Balaban J connectivity index is 0.000000505. The first-order valence-corrected chi connectivity index (χ1v) is 11.9. The number of halogens is 3. The van der Waals surface area contributed by atoms with Crippen LogP contribution in [0, 0.1) is 5.92 Å². The lowest BCUT2D eigenvalue weighted by atomic mass is 9.93. The van der Waals surface area contributed by atoms with Crippen molar-refractivity contribution in [2.75, 3.05) is 24.1 Å². The lowest BCUT2D eigenvalue weighted by molar-refractivity contribution is -0.192. The molecule has 38 heavy (non-hydrogen) atoms. The van der Waals surface area contributed by atoms with Crippen molar-refractivity contribution in [3.05, 3.63) is 59.2 Å². The van der Waals surface area contributed by atoms with Gasteiger partial charge in [-0.05, 0) is 62.0 Å². The highest BCUT2D eigenvalue weighted by Gasteiger charge is 2.38. The number of nitrogens with one attached hydrogen (secondary N) is 3. The van der Waals surface area contributed by atoms with Gasteiger partial charge in [-0.25, -0.2) is 10.2 Å². The van der Waals surface area contributed by atoms with Gasteiger partial charge in [0.15, 0.2) is 0 Å². The molecular weight excluding hydrogens is 503 g/mol. The number of carboxylic acid groups (broad SMARTS) is 1. The van der Waals surface area contributed by atoms with Crippen molar-refractivity contribution in [3.8, 4) is 0 Å². The molecule has 0 radical (unpaired) electrons. The normalized spacial score (nSPS) is 16.5. The van der Waals surface area contributed by atoms with E-state index in [9.17, 15) is 22.8 Å². The van der Waals surface area contributed by atoms with E-state index in [0.29, 0.717) is 34.8 Å². The monoisotopic (exact) mass is 531 g/mol. The largest absolute Gasteiger partial charge is 0.490 e. The van der Waals surface area contributed by atoms with Crippen molar-refractivity contribution in [2.45, 2.75) is 31.9 Å². The zero-order valence-electron chi connectivity index (χ0n) is 20.3. The molecule has 2 aromatic rings. The van der Waals surface area contributed by atoms with Crippen LogP contribution >= 0.6 is 0 Å². The maximum Gasteiger partial charge on any atom is 0.490 e. The molecule has 0 aliphatic carbocycles. The summed E-state index contributed by atoms with van der Waals surface area (Å²) in [5, 5.41) is 17.4. The van der Waals surface area contributed by atoms with Gasteiger partial charge in [0, 0.05) is 28.9 Å². The molecule has 0 spiro atoms. The number of hydrazone groups is 1. The predicted octanol–water partition coefficient (Wildman–Crippen LogP) is 3.89. The van der Waals surface area contributed by atoms with E-state index < -0.39 is 12.1 Å². The number of nitrogen functional groups attached to an aromatic ring is 1. The Hall–Kier alpha value is -4.19. The molecule has 202 valence electrons. The molecule has 6 N–H and O–H groups in total. The molecule has 2 aromatic carbocycles. The van der Waals surface area contributed by atoms with E-state index in [4.69, 9.17) is 15.6 Å². The number of piperidine rings is 1. The Labute approximate surface area is 217 Å². The van der Waals surface area contributed by atoms with Crippen LogP contribution < -0.4 is 21.8 Å². The van der Waals surface area contributed by atoms with Crippen LogP contribution in [0.2, 0.25) is 0 Å². The molecule has 2 heterocycles. The first-order valence-electron chi connectivity index (χ1n) is 11.9. The Morgan fingerprint density at radius 2 is 1.82 bits per heavy atom. The lowest BCUT2D eigenvalue weighted by Gasteiger charge is -2.22. The third-order valence-corrected chi connectivity index (χ3v) is 5.96. The average Bonchev–Trinajstić information content (AvgIpc) is 3.02. The van der Waals surface area contributed by atoms with E-state index in [0.717, 1.165) is 43.5 Å². The fourth-order valence-corrected chi connectivity index (χ4v) is 4.09. The maximum absolute atomic E-state index is 12.6. The number of aliphatic carboxylic acids is 1. The van der Waals surface area contributed by atoms with E-state index in [1.54, 1.807) is 18.3 Å². The van der Waals surface area contributed by atoms with E-state index in [1.165, 1.54) is 0 Å². The number of rotatable bonds is 5. The van der Waals surface area contributed by atoms with E-state index in [1.807, 2.05) is 36.4 Å². The third kappa shape index (κ3) is 8.17. The number of anilines is 2. The molecule has 9 nitrogen and oxygen atoms in total. The van der Waals surface area contributed by atoms with Crippen LogP contribution in [0.1, 0.15) is 47.2 Å². The van der Waals surface area contributed by atoms with Gasteiger partial charge in [0.25, 0.3) is 5.91 Å². The van der Waals surface area contributed by atoms with Gasteiger partial charge in [0.2, 0.25) is 5.91 Å². The van der Waals surface area contributed by atoms with Crippen LogP contribution in [0.3, 0.4) is 0 Å². The second-order valence-electron chi connectivity index (χ2n) is 8.78. The van der Waals surface area contributed by atoms with Gasteiger partial charge in [-0.2, -0.15) is 18.3 Å². The van der Waals surface area contributed by atoms with Crippen LogP contribution in [0.25, 0.3) is 11.6 Å². The summed E-state index contributed by atoms with van der Waals surface area (Å²) in [5.74, 6) is -2.60. The highest BCUT2D eigenvalue weighted by molar-refractivity contribution is 6.22. The van der Waals surface area contributed by atoms with E-state index in [-0.39, 0.29) is 11.8 Å². The van der Waals surface area contributed by atoms with Crippen LogP contribution in [0.15, 0.2) is 47.6 Å². The summed E-state index contributed by atoms with van der Waals surface area (Å²) >= 11 is 0. The highest BCUT2D eigenvalue weighted by Crippen LogP contribution is 2.31. The minimum absolute atomic E-state index is 0.0665. The summed E-state index contributed by atoms with van der Waals surface area (Å²) in [7, 11) is 0. The van der Waals surface area contributed by atoms with Gasteiger partial charge < -0.3 is 21.5 Å². The maximum atomic E-state index is 12.6. The number of nitrogens with two attached hydrogens (primary N) is 1. The molecule has 1 fully saturated rings. The second kappa shape index (κ2) is 12.9. The smallest absolute Gasteiger partial charge is 0.475 e. The van der Waals surface area contributed by atoms with Crippen LogP contribution in [0.4, 0.5) is 24.5 Å². The zero-order valence-corrected chi connectivity index (χ0v) is 20.3. The predicted molar refractivity (Wildman–Crippen MR) is 138 cm³/mol. The molecule has 0 saturated carbocycles. The Bertz CT molecular complexity index is 1220. The minimum Gasteiger partial charge on any atom is -0.475 e. The summed E-state index contributed by atoms with van der Waals surface area (Å²) in [6.45, 7) is 2.04. The van der Waals surface area contributed by atoms with Gasteiger partial charge in [-0.1, -0.05) is 30.3 Å². The standard InChI is InChI=1S/C24H27N5O2.C2HF3O2/c25-21-14-19(28-22(30)7-6-16-8-10-26-11-9-16)13-20-23(21)18(15-27-29-24(20)31)12-17-4-2-1-3-5-17;3-2(4,5)1(6)7/h1-5,12-16,26H,6-11,25H2,(H,28,30)(H,29,31);(H,6,7)/b18-12+;. The van der Waals surface area contributed by atoms with Crippen LogP contribution in [0.5, 0.6) is 0 Å².